The van der Waals surface area contributed by atoms with Crippen LogP contribution in [0.4, 0.5) is 0 Å². The molecule has 0 spiro atoms. The molecular weight excluding hydrogens is 290 g/mol. The van der Waals surface area contributed by atoms with E-state index in [1.165, 1.54) is 0 Å². The van der Waals surface area contributed by atoms with Crippen molar-refractivity contribution in [3.63, 3.8) is 0 Å². The second kappa shape index (κ2) is 6.83. The van der Waals surface area contributed by atoms with E-state index >= 15 is 0 Å². The first-order valence-electron chi connectivity index (χ1n) is 7.37. The molecule has 116 valence electrons. The highest BCUT2D eigenvalue weighted by molar-refractivity contribution is 5.94. The number of furan rings is 1. The molecule has 0 saturated heterocycles. The Morgan fingerprint density at radius 3 is 2.35 bits per heavy atom. The number of hydrogen-bond donors (Lipinski definition) is 1. The Kier molecular flexibility index (Phi) is 4.43. The third kappa shape index (κ3) is 3.61. The number of aromatic hydroxyl groups is 1. The SMILES string of the molecule is O=C(c1ccccc1)N(Cc1ccco1)Cc1ccccc1O. The Hall–Kier alpha value is -3.01. The van der Waals surface area contributed by atoms with Crippen molar-refractivity contribution < 1.29 is 14.3 Å². The van der Waals surface area contributed by atoms with Gasteiger partial charge in [0.25, 0.3) is 5.91 Å². The Morgan fingerprint density at radius 2 is 1.65 bits per heavy atom. The van der Waals surface area contributed by atoms with E-state index in [0.717, 1.165) is 0 Å². The van der Waals surface area contributed by atoms with E-state index in [1.54, 1.807) is 41.5 Å². The lowest BCUT2D eigenvalue weighted by Crippen LogP contribution is -2.30. The van der Waals surface area contributed by atoms with Crippen molar-refractivity contribution in [3.05, 3.63) is 89.9 Å². The van der Waals surface area contributed by atoms with Crippen molar-refractivity contribution >= 4 is 5.91 Å². The molecule has 3 rings (SSSR count). The Morgan fingerprint density at radius 1 is 0.913 bits per heavy atom. The summed E-state index contributed by atoms with van der Waals surface area (Å²) >= 11 is 0. The zero-order valence-corrected chi connectivity index (χ0v) is 12.6. The lowest BCUT2D eigenvalue weighted by Gasteiger charge is -2.22. The van der Waals surface area contributed by atoms with E-state index < -0.39 is 0 Å². The molecule has 0 radical (unpaired) electrons. The summed E-state index contributed by atoms with van der Waals surface area (Å²) in [7, 11) is 0. The molecule has 1 heterocycles. The van der Waals surface area contributed by atoms with Crippen LogP contribution in [0.1, 0.15) is 21.7 Å². The number of rotatable bonds is 5. The molecule has 0 bridgehead atoms. The standard InChI is InChI=1S/C19H17NO3/c21-18-11-5-4-9-16(18)13-20(14-17-10-6-12-23-17)19(22)15-7-2-1-3-8-15/h1-12,21H,13-14H2. The Balaban J connectivity index is 1.87. The van der Waals surface area contributed by atoms with E-state index in [2.05, 4.69) is 0 Å². The van der Waals surface area contributed by atoms with Gasteiger partial charge in [0.1, 0.15) is 11.5 Å². The summed E-state index contributed by atoms with van der Waals surface area (Å²) in [6.45, 7) is 0.649. The predicted molar refractivity (Wildman–Crippen MR) is 86.8 cm³/mol. The van der Waals surface area contributed by atoms with Crippen molar-refractivity contribution in [1.82, 2.24) is 4.90 Å². The number of phenols is 1. The summed E-state index contributed by atoms with van der Waals surface area (Å²) in [4.78, 5) is 14.4. The maximum Gasteiger partial charge on any atom is 0.254 e. The van der Waals surface area contributed by atoms with Gasteiger partial charge in [-0.15, -0.1) is 0 Å². The molecule has 0 aliphatic rings. The van der Waals surface area contributed by atoms with Gasteiger partial charge in [0.2, 0.25) is 0 Å². The van der Waals surface area contributed by atoms with E-state index in [0.29, 0.717) is 30.0 Å². The third-order valence-electron chi connectivity index (χ3n) is 3.59. The quantitative estimate of drug-likeness (QED) is 0.779. The van der Waals surface area contributed by atoms with Crippen LogP contribution in [0.2, 0.25) is 0 Å². The maximum absolute atomic E-state index is 12.8. The first-order chi connectivity index (χ1) is 11.2. The Bertz CT molecular complexity index is 766. The van der Waals surface area contributed by atoms with Gasteiger partial charge < -0.3 is 14.4 Å². The molecule has 0 fully saturated rings. The summed E-state index contributed by atoms with van der Waals surface area (Å²) in [5, 5.41) is 9.98. The van der Waals surface area contributed by atoms with Gasteiger partial charge in [0, 0.05) is 11.1 Å². The highest BCUT2D eigenvalue weighted by atomic mass is 16.3. The van der Waals surface area contributed by atoms with Crippen LogP contribution in [0, 0.1) is 0 Å². The van der Waals surface area contributed by atoms with Crippen LogP contribution in [0.3, 0.4) is 0 Å². The smallest absolute Gasteiger partial charge is 0.254 e. The first kappa shape index (κ1) is 14.9. The monoisotopic (exact) mass is 307 g/mol. The number of para-hydroxylation sites is 1. The number of phenolic OH excluding ortho intramolecular Hbond substituents is 1. The largest absolute Gasteiger partial charge is 0.508 e. The van der Waals surface area contributed by atoms with Crippen LogP contribution in [0.25, 0.3) is 0 Å². The summed E-state index contributed by atoms with van der Waals surface area (Å²) in [5.41, 5.74) is 1.30. The van der Waals surface area contributed by atoms with Crippen LogP contribution >= 0.6 is 0 Å². The summed E-state index contributed by atoms with van der Waals surface area (Å²) in [5.74, 6) is 0.771. The second-order valence-corrected chi connectivity index (χ2v) is 5.24. The molecule has 3 aromatic rings. The molecule has 1 N–H and O–H groups in total. The van der Waals surface area contributed by atoms with Gasteiger partial charge in [-0.05, 0) is 30.3 Å². The molecular formula is C19H17NO3. The number of carbonyl (C=O) groups excluding carboxylic acids is 1. The zero-order valence-electron chi connectivity index (χ0n) is 12.6. The molecule has 0 unspecified atom stereocenters. The molecule has 23 heavy (non-hydrogen) atoms. The highest BCUT2D eigenvalue weighted by Crippen LogP contribution is 2.20. The number of benzene rings is 2. The molecule has 0 atom stereocenters. The molecule has 0 saturated carbocycles. The number of carbonyl (C=O) groups is 1. The van der Waals surface area contributed by atoms with E-state index in [-0.39, 0.29) is 11.7 Å². The molecule has 2 aromatic carbocycles. The second-order valence-electron chi connectivity index (χ2n) is 5.24. The lowest BCUT2D eigenvalue weighted by atomic mass is 10.1. The summed E-state index contributed by atoms with van der Waals surface area (Å²) < 4.78 is 5.36. The van der Waals surface area contributed by atoms with Crippen molar-refractivity contribution in [2.75, 3.05) is 0 Å². The number of nitrogens with zero attached hydrogens (tertiary/aromatic N) is 1. The summed E-state index contributed by atoms with van der Waals surface area (Å²) in [6.07, 6.45) is 1.58. The first-order valence-corrected chi connectivity index (χ1v) is 7.37. The number of hydrogen-bond acceptors (Lipinski definition) is 3. The molecule has 4 heteroatoms. The molecule has 1 aromatic heterocycles. The van der Waals surface area contributed by atoms with E-state index in [4.69, 9.17) is 4.42 Å². The van der Waals surface area contributed by atoms with Crippen LogP contribution < -0.4 is 0 Å². The van der Waals surface area contributed by atoms with Gasteiger partial charge in [0.15, 0.2) is 0 Å². The predicted octanol–water partition coefficient (Wildman–Crippen LogP) is 3.83. The van der Waals surface area contributed by atoms with Crippen molar-refractivity contribution in [2.24, 2.45) is 0 Å². The topological polar surface area (TPSA) is 53.7 Å². The normalized spacial score (nSPS) is 10.4. The zero-order chi connectivity index (χ0) is 16.1. The fourth-order valence-corrected chi connectivity index (χ4v) is 2.40. The minimum atomic E-state index is -0.106. The molecule has 1 amide bonds. The average Bonchev–Trinajstić information content (AvgIpc) is 3.09. The van der Waals surface area contributed by atoms with Gasteiger partial charge in [0.05, 0.1) is 19.4 Å². The van der Waals surface area contributed by atoms with Crippen molar-refractivity contribution in [3.8, 4) is 5.75 Å². The molecule has 0 aliphatic heterocycles. The van der Waals surface area contributed by atoms with E-state index in [9.17, 15) is 9.90 Å². The van der Waals surface area contributed by atoms with Crippen molar-refractivity contribution in [1.29, 1.82) is 0 Å². The van der Waals surface area contributed by atoms with Gasteiger partial charge >= 0.3 is 0 Å². The van der Waals surface area contributed by atoms with Crippen LogP contribution in [0.15, 0.2) is 77.4 Å². The lowest BCUT2D eigenvalue weighted by molar-refractivity contribution is 0.0716. The molecule has 0 aliphatic carbocycles. The van der Waals surface area contributed by atoms with Crippen molar-refractivity contribution in [2.45, 2.75) is 13.1 Å². The van der Waals surface area contributed by atoms with Crippen LogP contribution in [-0.2, 0) is 13.1 Å². The fraction of sp³-hybridized carbons (Fsp3) is 0.105. The molecule has 4 nitrogen and oxygen atoms in total. The number of amides is 1. The average molecular weight is 307 g/mol. The highest BCUT2D eigenvalue weighted by Gasteiger charge is 2.18. The fourth-order valence-electron chi connectivity index (χ4n) is 2.40. The third-order valence-corrected chi connectivity index (χ3v) is 3.59. The van der Waals surface area contributed by atoms with Crippen LogP contribution in [-0.4, -0.2) is 15.9 Å². The van der Waals surface area contributed by atoms with Gasteiger partial charge in [-0.2, -0.15) is 0 Å². The minimum absolute atomic E-state index is 0.106. The van der Waals surface area contributed by atoms with Gasteiger partial charge in [-0.25, -0.2) is 0 Å². The Labute approximate surface area is 134 Å². The summed E-state index contributed by atoms with van der Waals surface area (Å²) in [6, 6.07) is 19.7. The van der Waals surface area contributed by atoms with Gasteiger partial charge in [-0.3, -0.25) is 4.79 Å². The maximum atomic E-state index is 12.8. The van der Waals surface area contributed by atoms with Crippen LogP contribution in [0.5, 0.6) is 5.75 Å². The minimum Gasteiger partial charge on any atom is -0.508 e. The van der Waals surface area contributed by atoms with Gasteiger partial charge in [-0.1, -0.05) is 36.4 Å². The van der Waals surface area contributed by atoms with E-state index in [1.807, 2.05) is 36.4 Å².